The lowest BCUT2D eigenvalue weighted by molar-refractivity contribution is 0.360. The van der Waals surface area contributed by atoms with E-state index in [1.807, 2.05) is 0 Å². The number of methoxy groups -OCH3 is 1. The Kier molecular flexibility index (Phi) is 2.66. The Morgan fingerprint density at radius 2 is 2.15 bits per heavy atom. The van der Waals surface area contributed by atoms with Gasteiger partial charge in [-0.1, -0.05) is 5.11 Å². The van der Waals surface area contributed by atoms with E-state index in [0.717, 1.165) is 19.2 Å². The molecule has 0 saturated carbocycles. The normalized spacial score (nSPS) is 9.15. The van der Waals surface area contributed by atoms with Crippen LogP contribution in [0.15, 0.2) is 17.2 Å². The number of benzene rings is 1. The van der Waals surface area contributed by atoms with Crippen LogP contribution in [0, 0.1) is 11.6 Å². The Labute approximate surface area is 72.4 Å². The van der Waals surface area contributed by atoms with E-state index in [-0.39, 0.29) is 5.69 Å². The number of nitrogens with zero attached hydrogens (tertiary/aromatic N) is 3. The summed E-state index contributed by atoms with van der Waals surface area (Å²) in [6.07, 6.45) is 0. The van der Waals surface area contributed by atoms with Gasteiger partial charge in [0, 0.05) is 4.91 Å². The molecule has 1 aromatic rings. The van der Waals surface area contributed by atoms with Crippen molar-refractivity contribution in [2.24, 2.45) is 5.11 Å². The number of azide groups is 1. The Morgan fingerprint density at radius 3 is 2.69 bits per heavy atom. The van der Waals surface area contributed by atoms with Crippen LogP contribution in [0.25, 0.3) is 10.4 Å². The third-order valence-corrected chi connectivity index (χ3v) is 1.39. The molecular weight excluding hydrogens is 180 g/mol. The highest BCUT2D eigenvalue weighted by molar-refractivity contribution is 5.46. The van der Waals surface area contributed by atoms with Gasteiger partial charge in [-0.3, -0.25) is 0 Å². The van der Waals surface area contributed by atoms with Crippen LogP contribution in [0.5, 0.6) is 5.75 Å². The van der Waals surface area contributed by atoms with Crippen LogP contribution < -0.4 is 4.74 Å². The van der Waals surface area contributed by atoms with Crippen molar-refractivity contribution < 1.29 is 13.5 Å². The molecule has 0 aliphatic heterocycles. The van der Waals surface area contributed by atoms with E-state index in [4.69, 9.17) is 5.53 Å². The molecule has 0 radical (unpaired) electrons. The van der Waals surface area contributed by atoms with Crippen molar-refractivity contribution in [1.29, 1.82) is 0 Å². The Balaban J connectivity index is 3.35. The smallest absolute Gasteiger partial charge is 0.190 e. The fourth-order valence-corrected chi connectivity index (χ4v) is 0.835. The SMILES string of the molecule is COc1c(F)ccc(N=[N+]=[N-])c1F. The van der Waals surface area contributed by atoms with Gasteiger partial charge in [0.2, 0.25) is 0 Å². The fourth-order valence-electron chi connectivity index (χ4n) is 0.835. The van der Waals surface area contributed by atoms with Crippen LogP contribution in [-0.2, 0) is 0 Å². The summed E-state index contributed by atoms with van der Waals surface area (Å²) >= 11 is 0. The van der Waals surface area contributed by atoms with Crippen LogP contribution in [0.3, 0.4) is 0 Å². The summed E-state index contributed by atoms with van der Waals surface area (Å²) in [6.45, 7) is 0. The second-order valence-corrected chi connectivity index (χ2v) is 2.10. The Hall–Kier alpha value is -1.81. The molecule has 0 spiro atoms. The largest absolute Gasteiger partial charge is 0.491 e. The van der Waals surface area contributed by atoms with Crippen molar-refractivity contribution in [2.45, 2.75) is 0 Å². The van der Waals surface area contributed by atoms with E-state index in [2.05, 4.69) is 14.8 Å². The summed E-state index contributed by atoms with van der Waals surface area (Å²) in [7, 11) is 1.13. The van der Waals surface area contributed by atoms with Crippen molar-refractivity contribution in [1.82, 2.24) is 0 Å². The molecule has 0 heterocycles. The maximum atomic E-state index is 13.1. The zero-order valence-corrected chi connectivity index (χ0v) is 6.66. The maximum absolute atomic E-state index is 13.1. The van der Waals surface area contributed by atoms with Gasteiger partial charge in [-0.2, -0.15) is 0 Å². The second kappa shape index (κ2) is 3.73. The van der Waals surface area contributed by atoms with Gasteiger partial charge in [0.1, 0.15) is 0 Å². The van der Waals surface area contributed by atoms with Gasteiger partial charge in [0.15, 0.2) is 17.4 Å². The van der Waals surface area contributed by atoms with Crippen molar-refractivity contribution >= 4 is 5.69 Å². The van der Waals surface area contributed by atoms with Gasteiger partial charge in [0.05, 0.1) is 12.8 Å². The van der Waals surface area contributed by atoms with Gasteiger partial charge >= 0.3 is 0 Å². The maximum Gasteiger partial charge on any atom is 0.190 e. The van der Waals surface area contributed by atoms with Crippen molar-refractivity contribution in [2.75, 3.05) is 7.11 Å². The average Bonchev–Trinajstić information content (AvgIpc) is 2.11. The first-order chi connectivity index (χ1) is 6.20. The van der Waals surface area contributed by atoms with E-state index in [0.29, 0.717) is 0 Å². The van der Waals surface area contributed by atoms with E-state index in [9.17, 15) is 8.78 Å². The molecule has 0 fully saturated rings. The number of ether oxygens (including phenoxy) is 1. The van der Waals surface area contributed by atoms with Crippen LogP contribution in [0.4, 0.5) is 14.5 Å². The zero-order chi connectivity index (χ0) is 9.84. The van der Waals surface area contributed by atoms with Crippen molar-refractivity contribution in [3.63, 3.8) is 0 Å². The lowest BCUT2D eigenvalue weighted by Gasteiger charge is -2.03. The molecule has 6 heteroatoms. The van der Waals surface area contributed by atoms with E-state index >= 15 is 0 Å². The van der Waals surface area contributed by atoms with Gasteiger partial charge in [0.25, 0.3) is 0 Å². The predicted octanol–water partition coefficient (Wildman–Crippen LogP) is 2.92. The van der Waals surface area contributed by atoms with Crippen LogP contribution in [0.2, 0.25) is 0 Å². The number of rotatable bonds is 2. The molecule has 0 unspecified atom stereocenters. The van der Waals surface area contributed by atoms with Crippen LogP contribution in [-0.4, -0.2) is 7.11 Å². The minimum Gasteiger partial charge on any atom is -0.491 e. The number of hydrogen-bond acceptors (Lipinski definition) is 2. The third kappa shape index (κ3) is 1.68. The van der Waals surface area contributed by atoms with E-state index in [1.54, 1.807) is 0 Å². The average molecular weight is 185 g/mol. The number of halogens is 2. The van der Waals surface area contributed by atoms with Gasteiger partial charge in [-0.25, -0.2) is 8.78 Å². The van der Waals surface area contributed by atoms with Crippen molar-refractivity contribution in [3.05, 3.63) is 34.2 Å². The summed E-state index contributed by atoms with van der Waals surface area (Å²) in [5.74, 6) is -2.39. The molecule has 0 amide bonds. The molecule has 0 aliphatic rings. The standard InChI is InChI=1S/C7H5F2N3O/c1-13-7-4(8)2-3-5(6(7)9)11-12-10/h2-3H,1H3. The van der Waals surface area contributed by atoms with E-state index in [1.165, 1.54) is 0 Å². The highest BCUT2D eigenvalue weighted by Gasteiger charge is 2.12. The molecule has 1 rings (SSSR count). The first kappa shape index (κ1) is 9.28. The first-order valence-electron chi connectivity index (χ1n) is 3.27. The van der Waals surface area contributed by atoms with Gasteiger partial charge < -0.3 is 4.74 Å². The summed E-state index contributed by atoms with van der Waals surface area (Å²) < 4.78 is 30.3. The minimum absolute atomic E-state index is 0.291. The van der Waals surface area contributed by atoms with Crippen molar-refractivity contribution in [3.8, 4) is 5.75 Å². The van der Waals surface area contributed by atoms with Gasteiger partial charge in [-0.05, 0) is 17.7 Å². The molecular formula is C7H5F2N3O. The molecule has 4 nitrogen and oxygen atoms in total. The molecule has 0 aliphatic carbocycles. The summed E-state index contributed by atoms with van der Waals surface area (Å²) in [4.78, 5) is 2.38. The summed E-state index contributed by atoms with van der Waals surface area (Å²) in [6, 6.07) is 2.00. The molecule has 0 atom stereocenters. The molecule has 68 valence electrons. The topological polar surface area (TPSA) is 58.0 Å². The Morgan fingerprint density at radius 1 is 1.46 bits per heavy atom. The molecule has 0 saturated heterocycles. The van der Waals surface area contributed by atoms with Gasteiger partial charge in [-0.15, -0.1) is 0 Å². The monoisotopic (exact) mass is 185 g/mol. The minimum atomic E-state index is -1.000. The third-order valence-electron chi connectivity index (χ3n) is 1.39. The highest BCUT2D eigenvalue weighted by atomic mass is 19.1. The Bertz CT molecular complexity index is 374. The second-order valence-electron chi connectivity index (χ2n) is 2.10. The fraction of sp³-hybridized carbons (Fsp3) is 0.143. The number of hydrogen-bond donors (Lipinski definition) is 0. The molecule has 13 heavy (non-hydrogen) atoms. The molecule has 1 aromatic carbocycles. The quantitative estimate of drug-likeness (QED) is 0.397. The summed E-state index contributed by atoms with van der Waals surface area (Å²) in [5, 5.41) is 3.01. The molecule has 0 N–H and O–H groups in total. The lowest BCUT2D eigenvalue weighted by atomic mass is 10.3. The predicted molar refractivity (Wildman–Crippen MR) is 41.7 cm³/mol. The molecule has 0 bridgehead atoms. The first-order valence-corrected chi connectivity index (χ1v) is 3.27. The zero-order valence-electron chi connectivity index (χ0n) is 6.66. The summed E-state index contributed by atoms with van der Waals surface area (Å²) in [5.41, 5.74) is 7.74. The molecule has 0 aromatic heterocycles. The lowest BCUT2D eigenvalue weighted by Crippen LogP contribution is -1.92. The highest BCUT2D eigenvalue weighted by Crippen LogP contribution is 2.29. The van der Waals surface area contributed by atoms with Crippen LogP contribution in [0.1, 0.15) is 0 Å². The van der Waals surface area contributed by atoms with Crippen LogP contribution >= 0.6 is 0 Å². The van der Waals surface area contributed by atoms with E-state index < -0.39 is 17.4 Å².